The number of hydrogen-bond donors (Lipinski definition) is 1. The molecule has 1 aromatic carbocycles. The molecule has 0 bridgehead atoms. The van der Waals surface area contributed by atoms with Gasteiger partial charge in [-0.05, 0) is 56.1 Å². The van der Waals surface area contributed by atoms with Gasteiger partial charge in [0.05, 0.1) is 4.90 Å². The summed E-state index contributed by atoms with van der Waals surface area (Å²) in [6.07, 6.45) is 4.62. The number of rotatable bonds is 4. The summed E-state index contributed by atoms with van der Waals surface area (Å²) in [5.41, 5.74) is 0.707. The number of piperidine rings is 1. The van der Waals surface area contributed by atoms with Crippen LogP contribution < -0.4 is 5.32 Å². The lowest BCUT2D eigenvalue weighted by atomic mass is 10.0. The van der Waals surface area contributed by atoms with Gasteiger partial charge in [-0.3, -0.25) is 0 Å². The summed E-state index contributed by atoms with van der Waals surface area (Å²) < 4.78 is 25.7. The average molecular weight is 356 g/mol. The van der Waals surface area contributed by atoms with Gasteiger partial charge in [0.1, 0.15) is 0 Å². The van der Waals surface area contributed by atoms with Crippen molar-refractivity contribution in [2.75, 3.05) is 26.0 Å². The lowest BCUT2D eigenvalue weighted by Crippen LogP contribution is -2.45. The van der Waals surface area contributed by atoms with Gasteiger partial charge in [-0.25, -0.2) is 12.7 Å². The van der Waals surface area contributed by atoms with Crippen LogP contribution in [-0.2, 0) is 10.0 Å². The van der Waals surface area contributed by atoms with Crippen molar-refractivity contribution in [1.82, 2.24) is 9.21 Å². The predicted octanol–water partition coefficient (Wildman–Crippen LogP) is 2.90. The van der Waals surface area contributed by atoms with E-state index in [1.165, 1.54) is 24.8 Å². The van der Waals surface area contributed by atoms with Crippen LogP contribution in [0.5, 0.6) is 0 Å². The van der Waals surface area contributed by atoms with Crippen molar-refractivity contribution in [2.45, 2.75) is 43.5 Å². The van der Waals surface area contributed by atoms with Crippen LogP contribution in [0.2, 0.25) is 0 Å². The molecule has 0 amide bonds. The van der Waals surface area contributed by atoms with Crippen LogP contribution in [0.4, 0.5) is 5.69 Å². The molecular formula is C16H25N3O2S2. The molecule has 1 aliphatic rings. The molecular weight excluding hydrogens is 330 g/mol. The molecule has 0 aliphatic carbocycles. The number of nitrogens with zero attached hydrogens (tertiary/aromatic N) is 2. The van der Waals surface area contributed by atoms with Gasteiger partial charge in [0.15, 0.2) is 5.11 Å². The molecule has 5 nitrogen and oxygen atoms in total. The first-order valence-electron chi connectivity index (χ1n) is 7.96. The summed E-state index contributed by atoms with van der Waals surface area (Å²) >= 11 is 5.54. The van der Waals surface area contributed by atoms with E-state index in [2.05, 4.69) is 17.1 Å². The van der Waals surface area contributed by atoms with Crippen molar-refractivity contribution >= 4 is 33.0 Å². The molecule has 23 heavy (non-hydrogen) atoms. The fourth-order valence-electron chi connectivity index (χ4n) is 2.83. The van der Waals surface area contributed by atoms with E-state index in [1.807, 2.05) is 6.07 Å². The molecule has 1 aliphatic heterocycles. The maximum atomic E-state index is 12.2. The van der Waals surface area contributed by atoms with Gasteiger partial charge >= 0.3 is 0 Å². The molecule has 1 heterocycles. The summed E-state index contributed by atoms with van der Waals surface area (Å²) in [5.74, 6) is 0. The summed E-state index contributed by atoms with van der Waals surface area (Å²) in [7, 11) is -0.384. The van der Waals surface area contributed by atoms with Gasteiger partial charge in [-0.15, -0.1) is 0 Å². The first-order chi connectivity index (χ1) is 10.9. The van der Waals surface area contributed by atoms with Gasteiger partial charge in [-0.2, -0.15) is 0 Å². The highest BCUT2D eigenvalue weighted by Gasteiger charge is 2.23. The van der Waals surface area contributed by atoms with E-state index in [1.54, 1.807) is 18.2 Å². The second-order valence-electron chi connectivity index (χ2n) is 6.00. The molecule has 0 aromatic heterocycles. The fraction of sp³-hybridized carbons (Fsp3) is 0.562. The summed E-state index contributed by atoms with van der Waals surface area (Å²) in [4.78, 5) is 2.49. The molecule has 1 saturated heterocycles. The highest BCUT2D eigenvalue weighted by molar-refractivity contribution is 7.89. The van der Waals surface area contributed by atoms with E-state index in [-0.39, 0.29) is 4.90 Å². The largest absolute Gasteiger partial charge is 0.346 e. The number of thiocarbonyl (C=S) groups is 1. The minimum absolute atomic E-state index is 0.265. The normalized spacial score (nSPS) is 19.0. The fourth-order valence-corrected chi connectivity index (χ4v) is 4.14. The second-order valence-corrected chi connectivity index (χ2v) is 8.54. The maximum Gasteiger partial charge on any atom is 0.242 e. The molecule has 1 N–H and O–H groups in total. The number of likely N-dealkylation sites (tertiary alicyclic amines) is 1. The van der Waals surface area contributed by atoms with Gasteiger partial charge in [-0.1, -0.05) is 13.0 Å². The molecule has 1 atom stereocenters. The monoisotopic (exact) mass is 355 g/mol. The maximum absolute atomic E-state index is 12.2. The van der Waals surface area contributed by atoms with Gasteiger partial charge in [0.25, 0.3) is 0 Å². The Bertz CT molecular complexity index is 659. The highest BCUT2D eigenvalue weighted by Crippen LogP contribution is 2.22. The third-order valence-corrected chi connectivity index (χ3v) is 6.37. The quantitative estimate of drug-likeness (QED) is 0.842. The van der Waals surface area contributed by atoms with E-state index < -0.39 is 10.0 Å². The Labute approximate surface area is 144 Å². The van der Waals surface area contributed by atoms with Gasteiger partial charge in [0, 0.05) is 32.4 Å². The van der Waals surface area contributed by atoms with Crippen molar-refractivity contribution in [3.8, 4) is 0 Å². The van der Waals surface area contributed by atoms with E-state index in [9.17, 15) is 8.42 Å². The Hall–Kier alpha value is -1.18. The minimum atomic E-state index is -3.44. The summed E-state index contributed by atoms with van der Waals surface area (Å²) in [6.45, 7) is 3.13. The minimum Gasteiger partial charge on any atom is -0.346 e. The van der Waals surface area contributed by atoms with Crippen molar-refractivity contribution < 1.29 is 8.42 Å². The smallest absolute Gasteiger partial charge is 0.242 e. The van der Waals surface area contributed by atoms with Crippen molar-refractivity contribution in [3.05, 3.63) is 24.3 Å². The van der Waals surface area contributed by atoms with Crippen molar-refractivity contribution in [2.24, 2.45) is 0 Å². The molecule has 1 fully saturated rings. The Balaban J connectivity index is 2.16. The standard InChI is InChI=1S/C16H25N3O2S2/c1-4-14-9-5-6-11-19(14)16(22)17-13-8-7-10-15(12-13)23(20,21)18(2)3/h7-8,10,12,14H,4-6,9,11H2,1-3H3,(H,17,22)/t14-/m1/s1. The Morgan fingerprint density at radius 1 is 1.39 bits per heavy atom. The zero-order valence-corrected chi connectivity index (χ0v) is 15.6. The first kappa shape index (κ1) is 18.2. The number of sulfonamides is 1. The Kier molecular flexibility index (Phi) is 6.00. The molecule has 0 saturated carbocycles. The lowest BCUT2D eigenvalue weighted by molar-refractivity contribution is 0.239. The van der Waals surface area contributed by atoms with Crippen LogP contribution >= 0.6 is 12.2 Å². The van der Waals surface area contributed by atoms with Crippen LogP contribution in [0.3, 0.4) is 0 Å². The van der Waals surface area contributed by atoms with Crippen LogP contribution in [0.25, 0.3) is 0 Å². The van der Waals surface area contributed by atoms with Crippen molar-refractivity contribution in [1.29, 1.82) is 0 Å². The molecule has 128 valence electrons. The molecule has 0 radical (unpaired) electrons. The first-order valence-corrected chi connectivity index (χ1v) is 9.81. The van der Waals surface area contributed by atoms with E-state index in [0.717, 1.165) is 25.8 Å². The van der Waals surface area contributed by atoms with Crippen LogP contribution in [-0.4, -0.2) is 49.4 Å². The lowest BCUT2D eigenvalue weighted by Gasteiger charge is -2.37. The number of hydrogen-bond acceptors (Lipinski definition) is 3. The predicted molar refractivity (Wildman–Crippen MR) is 98.2 cm³/mol. The summed E-state index contributed by atoms with van der Waals surface area (Å²) in [5, 5.41) is 3.88. The highest BCUT2D eigenvalue weighted by atomic mass is 32.2. The molecule has 1 aromatic rings. The van der Waals surface area contributed by atoms with Crippen LogP contribution in [0, 0.1) is 0 Å². The topological polar surface area (TPSA) is 52.7 Å². The molecule has 0 unspecified atom stereocenters. The molecule has 2 rings (SSSR count). The third-order valence-electron chi connectivity index (χ3n) is 4.22. The van der Waals surface area contributed by atoms with Crippen LogP contribution in [0.1, 0.15) is 32.6 Å². The van der Waals surface area contributed by atoms with E-state index in [4.69, 9.17) is 12.2 Å². The molecule has 0 spiro atoms. The number of anilines is 1. The number of benzene rings is 1. The van der Waals surface area contributed by atoms with E-state index in [0.29, 0.717) is 16.8 Å². The Morgan fingerprint density at radius 3 is 2.78 bits per heavy atom. The number of nitrogens with one attached hydrogen (secondary N) is 1. The zero-order valence-electron chi connectivity index (χ0n) is 13.9. The molecule has 7 heteroatoms. The zero-order chi connectivity index (χ0) is 17.0. The second kappa shape index (κ2) is 7.59. The van der Waals surface area contributed by atoms with Crippen LogP contribution in [0.15, 0.2) is 29.2 Å². The van der Waals surface area contributed by atoms with Gasteiger partial charge in [0.2, 0.25) is 10.0 Å². The third kappa shape index (κ3) is 4.22. The average Bonchev–Trinajstić information content (AvgIpc) is 2.54. The summed E-state index contributed by atoms with van der Waals surface area (Å²) in [6, 6.07) is 7.27. The van der Waals surface area contributed by atoms with Crippen molar-refractivity contribution in [3.63, 3.8) is 0 Å². The Morgan fingerprint density at radius 2 is 2.13 bits per heavy atom. The SMILES string of the molecule is CC[C@@H]1CCCCN1C(=S)Nc1cccc(S(=O)(=O)N(C)C)c1. The van der Waals surface area contributed by atoms with Gasteiger partial charge < -0.3 is 10.2 Å². The van der Waals surface area contributed by atoms with E-state index >= 15 is 0 Å².